The van der Waals surface area contributed by atoms with Crippen molar-refractivity contribution in [3.8, 4) is 44.8 Å². The molecule has 9 aromatic rings. The van der Waals surface area contributed by atoms with E-state index in [1.807, 2.05) is 0 Å². The van der Waals surface area contributed by atoms with Gasteiger partial charge in [-0.2, -0.15) is 0 Å². The Bertz CT molecular complexity index is 2780. The minimum Gasteiger partial charge on any atom is -0.274 e. The normalized spacial score (nSPS) is 13.6. The minimum atomic E-state index is -0.365. The number of hydrogen-bond donors (Lipinski definition) is 0. The summed E-state index contributed by atoms with van der Waals surface area (Å²) in [7, 11) is 0. The first-order valence-corrected chi connectivity index (χ1v) is 16.9. The van der Waals surface area contributed by atoms with Crippen LogP contribution < -0.4 is 0 Å². The van der Waals surface area contributed by atoms with E-state index in [0.717, 1.165) is 27.9 Å². The van der Waals surface area contributed by atoms with Crippen molar-refractivity contribution in [3.05, 3.63) is 186 Å². The third-order valence-corrected chi connectivity index (χ3v) is 11.0. The summed E-state index contributed by atoms with van der Waals surface area (Å²) in [6, 6.07) is 58.1. The number of rotatable bonds is 2. The van der Waals surface area contributed by atoms with Gasteiger partial charge in [-0.15, -0.1) is 10.2 Å². The van der Waals surface area contributed by atoms with Crippen LogP contribution in [0.1, 0.15) is 27.8 Å². The Labute approximate surface area is 283 Å². The molecule has 0 bridgehead atoms. The SMILES string of the molecule is Cc1ccc(-c2nnc3c4ccccc4c4cc(-c5ccc6c(c5)C5(c7ccccc7-c7ccccc75)c5ccccc5-6)ccc4n23)cc1. The van der Waals surface area contributed by atoms with Gasteiger partial charge in [0.05, 0.1) is 10.9 Å². The molecule has 11 rings (SSSR count). The van der Waals surface area contributed by atoms with Crippen molar-refractivity contribution < 1.29 is 0 Å². The van der Waals surface area contributed by atoms with Crippen molar-refractivity contribution in [2.24, 2.45) is 0 Å². The smallest absolute Gasteiger partial charge is 0.169 e. The predicted molar refractivity (Wildman–Crippen MR) is 200 cm³/mol. The lowest BCUT2D eigenvalue weighted by Crippen LogP contribution is -2.25. The third kappa shape index (κ3) is 3.41. The van der Waals surface area contributed by atoms with Gasteiger partial charge in [0, 0.05) is 16.3 Å². The average molecular weight is 624 g/mol. The van der Waals surface area contributed by atoms with E-state index in [-0.39, 0.29) is 5.41 Å². The quantitative estimate of drug-likeness (QED) is 0.179. The number of hydrogen-bond acceptors (Lipinski definition) is 2. The molecule has 3 nitrogen and oxygen atoms in total. The lowest BCUT2D eigenvalue weighted by molar-refractivity contribution is 0.794. The number of fused-ring (bicyclic) bond motifs is 16. The Morgan fingerprint density at radius 3 is 1.63 bits per heavy atom. The number of aryl methyl sites for hydroxylation is 1. The second-order valence-corrected chi connectivity index (χ2v) is 13.5. The predicted octanol–water partition coefficient (Wildman–Crippen LogP) is 11.0. The van der Waals surface area contributed by atoms with Gasteiger partial charge in [-0.3, -0.25) is 4.40 Å². The van der Waals surface area contributed by atoms with E-state index in [1.54, 1.807) is 0 Å². The van der Waals surface area contributed by atoms with E-state index in [9.17, 15) is 0 Å². The van der Waals surface area contributed by atoms with Gasteiger partial charge in [0.25, 0.3) is 0 Å². The summed E-state index contributed by atoms with van der Waals surface area (Å²) in [5, 5.41) is 12.9. The van der Waals surface area contributed by atoms with Crippen LogP contribution >= 0.6 is 0 Å². The first-order chi connectivity index (χ1) is 24.2. The van der Waals surface area contributed by atoms with Crippen LogP contribution in [0.25, 0.3) is 72.1 Å². The Hall–Kier alpha value is -6.32. The lowest BCUT2D eigenvalue weighted by Gasteiger charge is -2.30. The largest absolute Gasteiger partial charge is 0.274 e. The topological polar surface area (TPSA) is 30.2 Å². The summed E-state index contributed by atoms with van der Waals surface area (Å²) < 4.78 is 2.23. The standard InChI is InChI=1S/C46H29N3/c1-28-18-20-29(21-19-28)44-47-48-45-37-14-3-2-10-32(37)38-26-30(23-25-43(38)49(44)45)31-22-24-36-35-13-6-9-17-41(35)46(42(36)27-31)39-15-7-4-11-33(39)34-12-5-8-16-40(34)46/h2-27H,1H3. The van der Waals surface area contributed by atoms with E-state index in [4.69, 9.17) is 10.2 Å². The maximum Gasteiger partial charge on any atom is 0.169 e. The number of pyridine rings is 1. The molecule has 49 heavy (non-hydrogen) atoms. The number of aromatic nitrogens is 3. The molecular weight excluding hydrogens is 595 g/mol. The fraction of sp³-hybridized carbons (Fsp3) is 0.0435. The first-order valence-electron chi connectivity index (χ1n) is 16.9. The lowest BCUT2D eigenvalue weighted by atomic mass is 9.70. The highest BCUT2D eigenvalue weighted by molar-refractivity contribution is 6.13. The zero-order valence-electron chi connectivity index (χ0n) is 26.9. The van der Waals surface area contributed by atoms with Crippen LogP contribution in [-0.4, -0.2) is 14.6 Å². The molecule has 0 fully saturated rings. The molecule has 7 aromatic carbocycles. The second kappa shape index (κ2) is 9.62. The van der Waals surface area contributed by atoms with Gasteiger partial charge in [0.15, 0.2) is 11.5 Å². The molecular formula is C46H29N3. The van der Waals surface area contributed by atoms with Gasteiger partial charge in [-0.05, 0) is 86.1 Å². The molecule has 0 N–H and O–H groups in total. The van der Waals surface area contributed by atoms with Gasteiger partial charge in [0.1, 0.15) is 0 Å². The van der Waals surface area contributed by atoms with E-state index in [2.05, 4.69) is 169 Å². The van der Waals surface area contributed by atoms with Crippen LogP contribution in [-0.2, 0) is 5.41 Å². The van der Waals surface area contributed by atoms with E-state index in [1.165, 1.54) is 72.0 Å². The van der Waals surface area contributed by atoms with Crippen LogP contribution in [0, 0.1) is 6.92 Å². The monoisotopic (exact) mass is 623 g/mol. The van der Waals surface area contributed by atoms with Crippen LogP contribution in [0.5, 0.6) is 0 Å². The fourth-order valence-corrected chi connectivity index (χ4v) is 8.89. The molecule has 2 heterocycles. The number of nitrogens with zero attached hydrogens (tertiary/aromatic N) is 3. The van der Waals surface area contributed by atoms with Crippen molar-refractivity contribution in [2.75, 3.05) is 0 Å². The van der Waals surface area contributed by atoms with Crippen molar-refractivity contribution in [2.45, 2.75) is 12.3 Å². The number of benzene rings is 7. The van der Waals surface area contributed by atoms with Gasteiger partial charge in [-0.25, -0.2) is 0 Å². The molecule has 2 aliphatic carbocycles. The molecule has 0 amide bonds. The zero-order valence-corrected chi connectivity index (χ0v) is 26.9. The Kier molecular flexibility index (Phi) is 5.24. The minimum absolute atomic E-state index is 0.365. The maximum absolute atomic E-state index is 4.73. The molecule has 0 atom stereocenters. The third-order valence-electron chi connectivity index (χ3n) is 11.0. The molecule has 2 aromatic heterocycles. The van der Waals surface area contributed by atoms with Crippen molar-refractivity contribution in [1.29, 1.82) is 0 Å². The highest BCUT2D eigenvalue weighted by atomic mass is 15.2. The van der Waals surface area contributed by atoms with Crippen LogP contribution in [0.3, 0.4) is 0 Å². The van der Waals surface area contributed by atoms with E-state index < -0.39 is 0 Å². The summed E-state index contributed by atoms with van der Waals surface area (Å²) >= 11 is 0. The van der Waals surface area contributed by atoms with Crippen molar-refractivity contribution in [1.82, 2.24) is 14.6 Å². The molecule has 3 heteroatoms. The average Bonchev–Trinajstić information content (AvgIpc) is 3.83. The van der Waals surface area contributed by atoms with E-state index in [0.29, 0.717) is 0 Å². The molecule has 1 spiro atoms. The van der Waals surface area contributed by atoms with Gasteiger partial charge < -0.3 is 0 Å². The molecule has 0 unspecified atom stereocenters. The van der Waals surface area contributed by atoms with Crippen molar-refractivity contribution in [3.63, 3.8) is 0 Å². The van der Waals surface area contributed by atoms with E-state index >= 15 is 0 Å². The molecule has 228 valence electrons. The molecule has 2 aliphatic rings. The summed E-state index contributed by atoms with van der Waals surface area (Å²) in [4.78, 5) is 0. The van der Waals surface area contributed by atoms with Gasteiger partial charge >= 0.3 is 0 Å². The maximum atomic E-state index is 4.73. The fourth-order valence-electron chi connectivity index (χ4n) is 8.89. The zero-order chi connectivity index (χ0) is 32.3. The summed E-state index contributed by atoms with van der Waals surface area (Å²) in [5.41, 5.74) is 17.0. The molecule has 0 saturated heterocycles. The highest BCUT2D eigenvalue weighted by Gasteiger charge is 2.51. The van der Waals surface area contributed by atoms with Crippen LogP contribution in [0.15, 0.2) is 158 Å². The summed E-state index contributed by atoms with van der Waals surface area (Å²) in [6.07, 6.45) is 0. The summed E-state index contributed by atoms with van der Waals surface area (Å²) in [5.74, 6) is 0.856. The molecule has 0 aliphatic heterocycles. The Morgan fingerprint density at radius 1 is 0.429 bits per heavy atom. The van der Waals surface area contributed by atoms with Gasteiger partial charge in [0.2, 0.25) is 0 Å². The Balaban J connectivity index is 1.18. The van der Waals surface area contributed by atoms with Gasteiger partial charge in [-0.1, -0.05) is 145 Å². The van der Waals surface area contributed by atoms with Crippen LogP contribution in [0.4, 0.5) is 0 Å². The van der Waals surface area contributed by atoms with Crippen molar-refractivity contribution >= 4 is 27.3 Å². The van der Waals surface area contributed by atoms with Crippen LogP contribution in [0.2, 0.25) is 0 Å². The summed E-state index contributed by atoms with van der Waals surface area (Å²) in [6.45, 7) is 2.11. The Morgan fingerprint density at radius 2 is 0.959 bits per heavy atom. The second-order valence-electron chi connectivity index (χ2n) is 13.5. The molecule has 0 radical (unpaired) electrons. The first kappa shape index (κ1) is 26.7. The molecule has 0 saturated carbocycles. The highest BCUT2D eigenvalue weighted by Crippen LogP contribution is 2.63.